The Kier molecular flexibility index (Phi) is 11.5. The fraction of sp³-hybridized carbons (Fsp3) is 0.455. The van der Waals surface area contributed by atoms with Crippen LogP contribution >= 0.6 is 8.25 Å². The summed E-state index contributed by atoms with van der Waals surface area (Å²) in [5, 5.41) is 0. The second-order valence-corrected chi connectivity index (χ2v) is 11.6. The van der Waals surface area contributed by atoms with Gasteiger partial charge in [0.2, 0.25) is 6.29 Å². The summed E-state index contributed by atoms with van der Waals surface area (Å²) >= 11 is 0. The van der Waals surface area contributed by atoms with E-state index in [1.165, 1.54) is 6.42 Å². The highest BCUT2D eigenvalue weighted by Gasteiger charge is 2.51. The topological polar surface area (TPSA) is 72.5 Å². The maximum Gasteiger partial charge on any atom is 0.700 e. The molecule has 5 rings (SSSR count). The molecule has 0 aromatic heterocycles. The standard InChI is InChI=1S/C33H40O7P/c1-25-30(35-22-26-14-6-2-7-15-26)31(36-23-27-16-8-3-9-17-27)32(37-24-28-18-10-4-11-19-28)33(38-25)40-41(34)39-29-20-12-5-13-21-29/h2-4,6-11,14-19,25,29-33H,5,12-13,20-24H2,1H3/q+1/t25-,30-,31+,32+,33-/m0/s1. The van der Waals surface area contributed by atoms with Gasteiger partial charge in [0, 0.05) is 4.57 Å². The van der Waals surface area contributed by atoms with Gasteiger partial charge in [0.1, 0.15) is 24.4 Å². The van der Waals surface area contributed by atoms with Gasteiger partial charge in [-0.25, -0.2) is 0 Å². The van der Waals surface area contributed by atoms with Gasteiger partial charge in [0.25, 0.3) is 0 Å². The molecule has 1 aliphatic heterocycles. The minimum atomic E-state index is -2.42. The minimum absolute atomic E-state index is 0.0656. The Labute approximate surface area is 244 Å². The zero-order valence-corrected chi connectivity index (χ0v) is 24.5. The summed E-state index contributed by atoms with van der Waals surface area (Å²) in [7, 11) is -2.42. The van der Waals surface area contributed by atoms with Gasteiger partial charge >= 0.3 is 8.25 Å². The Hall–Kier alpha value is -2.48. The van der Waals surface area contributed by atoms with Crippen LogP contribution in [0.1, 0.15) is 55.7 Å². The van der Waals surface area contributed by atoms with Crippen molar-refractivity contribution in [3.8, 4) is 0 Å². The molecule has 1 aliphatic carbocycles. The van der Waals surface area contributed by atoms with E-state index in [2.05, 4.69) is 0 Å². The third-order valence-electron chi connectivity index (χ3n) is 7.56. The van der Waals surface area contributed by atoms with Crippen LogP contribution in [0.25, 0.3) is 0 Å². The van der Waals surface area contributed by atoms with E-state index in [0.29, 0.717) is 19.8 Å². The molecule has 2 aliphatic rings. The molecule has 3 aromatic rings. The summed E-state index contributed by atoms with van der Waals surface area (Å²) in [6.45, 7) is 2.97. The smallest absolute Gasteiger partial charge is 0.368 e. The van der Waals surface area contributed by atoms with Gasteiger partial charge in [0.05, 0.1) is 25.9 Å². The fourth-order valence-corrected chi connectivity index (χ4v) is 6.20. The van der Waals surface area contributed by atoms with Gasteiger partial charge in [-0.3, -0.25) is 0 Å². The number of rotatable bonds is 13. The normalized spacial score (nSPS) is 25.6. The molecule has 1 unspecified atom stereocenters. The van der Waals surface area contributed by atoms with E-state index in [1.54, 1.807) is 0 Å². The van der Waals surface area contributed by atoms with Crippen molar-refractivity contribution in [2.24, 2.45) is 0 Å². The van der Waals surface area contributed by atoms with Crippen molar-refractivity contribution in [2.75, 3.05) is 0 Å². The van der Waals surface area contributed by atoms with Crippen LogP contribution in [-0.2, 0) is 52.4 Å². The molecule has 8 heteroatoms. The Bertz CT molecular complexity index is 1170. The molecule has 41 heavy (non-hydrogen) atoms. The molecule has 7 nitrogen and oxygen atoms in total. The number of hydrogen-bond donors (Lipinski definition) is 0. The second kappa shape index (κ2) is 15.7. The summed E-state index contributed by atoms with van der Waals surface area (Å²) in [6, 6.07) is 29.9. The molecule has 0 bridgehead atoms. The van der Waals surface area contributed by atoms with E-state index in [1.807, 2.05) is 97.9 Å². The van der Waals surface area contributed by atoms with Crippen LogP contribution in [0.15, 0.2) is 91.0 Å². The lowest BCUT2D eigenvalue weighted by Crippen LogP contribution is -2.59. The number of ether oxygens (including phenoxy) is 4. The van der Waals surface area contributed by atoms with Gasteiger partial charge in [-0.05, 0) is 36.5 Å². The van der Waals surface area contributed by atoms with Crippen molar-refractivity contribution in [1.82, 2.24) is 0 Å². The quantitative estimate of drug-likeness (QED) is 0.194. The molecule has 1 saturated heterocycles. The highest BCUT2D eigenvalue weighted by molar-refractivity contribution is 7.33. The van der Waals surface area contributed by atoms with Crippen LogP contribution in [0.2, 0.25) is 0 Å². The summed E-state index contributed by atoms with van der Waals surface area (Å²) in [6.07, 6.45) is 1.92. The summed E-state index contributed by atoms with van der Waals surface area (Å²) in [5.74, 6) is 0. The average molecular weight is 580 g/mol. The fourth-order valence-electron chi connectivity index (χ4n) is 5.36. The van der Waals surface area contributed by atoms with Crippen molar-refractivity contribution in [3.63, 3.8) is 0 Å². The molecule has 1 saturated carbocycles. The van der Waals surface area contributed by atoms with Gasteiger partial charge in [0.15, 0.2) is 0 Å². The Balaban J connectivity index is 1.36. The van der Waals surface area contributed by atoms with Crippen molar-refractivity contribution in [2.45, 2.75) is 95.7 Å². The van der Waals surface area contributed by atoms with Gasteiger partial charge in [-0.2, -0.15) is 0 Å². The highest BCUT2D eigenvalue weighted by atomic mass is 31.1. The molecule has 1 heterocycles. The van der Waals surface area contributed by atoms with E-state index in [9.17, 15) is 4.57 Å². The summed E-state index contributed by atoms with van der Waals surface area (Å²) in [4.78, 5) is 0. The molecule has 0 amide bonds. The monoisotopic (exact) mass is 579 g/mol. The van der Waals surface area contributed by atoms with Gasteiger partial charge in [-0.15, -0.1) is 4.52 Å². The van der Waals surface area contributed by atoms with Crippen molar-refractivity contribution < 1.29 is 32.6 Å². The van der Waals surface area contributed by atoms with Gasteiger partial charge in [-0.1, -0.05) is 115 Å². The third-order valence-corrected chi connectivity index (χ3v) is 8.41. The van der Waals surface area contributed by atoms with Crippen molar-refractivity contribution in [1.29, 1.82) is 0 Å². The summed E-state index contributed by atoms with van der Waals surface area (Å²) in [5.41, 5.74) is 3.07. The van der Waals surface area contributed by atoms with Crippen molar-refractivity contribution >= 4 is 8.25 Å². The minimum Gasteiger partial charge on any atom is -0.368 e. The highest BCUT2D eigenvalue weighted by Crippen LogP contribution is 2.39. The largest absolute Gasteiger partial charge is 0.700 e. The first-order valence-corrected chi connectivity index (χ1v) is 15.7. The average Bonchev–Trinajstić information content (AvgIpc) is 3.01. The number of benzene rings is 3. The molecular formula is C33H40O7P+. The maximum atomic E-state index is 13.1. The van der Waals surface area contributed by atoms with Gasteiger partial charge < -0.3 is 18.9 Å². The lowest BCUT2D eigenvalue weighted by atomic mass is 9.98. The SMILES string of the molecule is C[C@@H]1O[C@@H](O[P+](=O)OC2CCCCC2)[C@H](OCc2ccccc2)[C@H](OCc2ccccc2)[C@H]1OCc1ccccc1. The van der Waals surface area contributed by atoms with Crippen LogP contribution < -0.4 is 0 Å². The lowest BCUT2D eigenvalue weighted by molar-refractivity contribution is -0.301. The van der Waals surface area contributed by atoms with Crippen LogP contribution in [0.4, 0.5) is 0 Å². The van der Waals surface area contributed by atoms with E-state index in [4.69, 9.17) is 28.0 Å². The third kappa shape index (κ3) is 9.00. The maximum absolute atomic E-state index is 13.1. The first-order valence-electron chi connectivity index (χ1n) is 14.6. The predicted octanol–water partition coefficient (Wildman–Crippen LogP) is 7.51. The van der Waals surface area contributed by atoms with E-state index in [-0.39, 0.29) is 6.10 Å². The molecular weight excluding hydrogens is 539 g/mol. The van der Waals surface area contributed by atoms with E-state index < -0.39 is 39.0 Å². The molecule has 0 radical (unpaired) electrons. The predicted molar refractivity (Wildman–Crippen MR) is 156 cm³/mol. The molecule has 218 valence electrons. The zero-order valence-electron chi connectivity index (χ0n) is 23.6. The Morgan fingerprint density at radius 2 is 1.10 bits per heavy atom. The van der Waals surface area contributed by atoms with E-state index in [0.717, 1.165) is 42.4 Å². The first-order chi connectivity index (χ1) is 20.2. The molecule has 0 N–H and O–H groups in total. The van der Waals surface area contributed by atoms with Crippen molar-refractivity contribution in [3.05, 3.63) is 108 Å². The second-order valence-electron chi connectivity index (χ2n) is 10.7. The molecule has 3 aromatic carbocycles. The summed E-state index contributed by atoms with van der Waals surface area (Å²) < 4.78 is 50.6. The first kappa shape index (κ1) is 30.0. The molecule has 0 spiro atoms. The molecule has 2 fully saturated rings. The van der Waals surface area contributed by atoms with Crippen LogP contribution in [0.3, 0.4) is 0 Å². The Morgan fingerprint density at radius 3 is 1.61 bits per heavy atom. The van der Waals surface area contributed by atoms with Crippen LogP contribution in [0.5, 0.6) is 0 Å². The van der Waals surface area contributed by atoms with E-state index >= 15 is 0 Å². The van der Waals surface area contributed by atoms with Crippen LogP contribution in [0, 0.1) is 0 Å². The molecule has 6 atom stereocenters. The van der Waals surface area contributed by atoms with Crippen LogP contribution in [-0.4, -0.2) is 36.8 Å². The lowest BCUT2D eigenvalue weighted by Gasteiger charge is -2.43. The number of hydrogen-bond acceptors (Lipinski definition) is 7. The zero-order chi connectivity index (χ0) is 28.3. The Morgan fingerprint density at radius 1 is 0.634 bits per heavy atom.